The average molecular weight is 291 g/mol. The van der Waals surface area contributed by atoms with Crippen LogP contribution in [-0.2, 0) is 14.3 Å². The van der Waals surface area contributed by atoms with Crippen LogP contribution < -0.4 is 0 Å². The van der Waals surface area contributed by atoms with E-state index in [0.29, 0.717) is 5.56 Å². The summed E-state index contributed by atoms with van der Waals surface area (Å²) < 4.78 is 9.84. The molecule has 21 heavy (non-hydrogen) atoms. The van der Waals surface area contributed by atoms with E-state index in [4.69, 9.17) is 4.74 Å². The Morgan fingerprint density at radius 1 is 1.38 bits per heavy atom. The summed E-state index contributed by atoms with van der Waals surface area (Å²) in [6.45, 7) is 1.79. The van der Waals surface area contributed by atoms with Crippen molar-refractivity contribution < 1.29 is 19.2 Å². The molecule has 0 aliphatic carbocycles. The first kappa shape index (κ1) is 16.7. The van der Waals surface area contributed by atoms with Gasteiger partial charge in [-0.2, -0.15) is 0 Å². The quantitative estimate of drug-likeness (QED) is 0.360. The molecule has 0 saturated heterocycles. The standard InChI is InChI=1S/C15H17NO5/c1-11(7-6-10-14(17)20-2)15(21-3)12-8-4-5-9-13(12)16(18)19/h4-5,8-9,11,15H,10H2,1-3H3/t11-,15+/m0/s1. The lowest BCUT2D eigenvalue weighted by atomic mass is 9.96. The Bertz CT molecular complexity index is 573. The number of methoxy groups -OCH3 is 2. The minimum absolute atomic E-state index is 0.00836. The SMILES string of the molecule is COC(=O)CC#C[C@H](C)[C@@H](OC)c1ccccc1[N+](=O)[O-]. The zero-order valence-corrected chi connectivity index (χ0v) is 12.2. The third-order valence-corrected chi connectivity index (χ3v) is 2.94. The number of esters is 1. The van der Waals surface area contributed by atoms with Crippen molar-refractivity contribution in [3.63, 3.8) is 0 Å². The molecule has 0 radical (unpaired) electrons. The Morgan fingerprint density at radius 2 is 2.05 bits per heavy atom. The highest BCUT2D eigenvalue weighted by Gasteiger charge is 2.25. The molecule has 2 atom stereocenters. The molecule has 0 unspecified atom stereocenters. The zero-order chi connectivity index (χ0) is 15.8. The molecular weight excluding hydrogens is 274 g/mol. The highest BCUT2D eigenvalue weighted by molar-refractivity contribution is 5.72. The van der Waals surface area contributed by atoms with Crippen molar-refractivity contribution in [1.29, 1.82) is 0 Å². The Hall–Kier alpha value is -2.39. The highest BCUT2D eigenvalue weighted by Crippen LogP contribution is 2.31. The van der Waals surface area contributed by atoms with Crippen molar-refractivity contribution in [2.75, 3.05) is 14.2 Å². The van der Waals surface area contributed by atoms with Crippen molar-refractivity contribution in [2.45, 2.75) is 19.4 Å². The Balaban J connectivity index is 2.97. The maximum absolute atomic E-state index is 11.1. The minimum Gasteiger partial charge on any atom is -0.468 e. The van der Waals surface area contributed by atoms with Gasteiger partial charge in [0.05, 0.1) is 17.6 Å². The predicted molar refractivity (Wildman–Crippen MR) is 76.4 cm³/mol. The molecule has 0 aliphatic rings. The summed E-state index contributed by atoms with van der Waals surface area (Å²) in [4.78, 5) is 21.6. The fraction of sp³-hybridized carbons (Fsp3) is 0.400. The number of carbonyl (C=O) groups is 1. The lowest BCUT2D eigenvalue weighted by molar-refractivity contribution is -0.386. The van der Waals surface area contributed by atoms with E-state index < -0.39 is 17.0 Å². The third kappa shape index (κ3) is 4.58. The monoisotopic (exact) mass is 291 g/mol. The largest absolute Gasteiger partial charge is 0.468 e. The summed E-state index contributed by atoms with van der Waals surface area (Å²) in [5.74, 6) is 4.83. The van der Waals surface area contributed by atoms with Crippen molar-refractivity contribution >= 4 is 11.7 Å². The summed E-state index contributed by atoms with van der Waals surface area (Å²) in [7, 11) is 2.76. The van der Waals surface area contributed by atoms with Gasteiger partial charge in [0, 0.05) is 19.1 Å². The van der Waals surface area contributed by atoms with E-state index >= 15 is 0 Å². The molecule has 1 aromatic rings. The van der Waals surface area contributed by atoms with Gasteiger partial charge in [-0.1, -0.05) is 24.0 Å². The number of nitrogens with zero attached hydrogens (tertiary/aromatic N) is 1. The summed E-state index contributed by atoms with van der Waals surface area (Å²) in [5, 5.41) is 11.1. The van der Waals surface area contributed by atoms with Gasteiger partial charge in [-0.15, -0.1) is 0 Å². The molecule has 0 bridgehead atoms. The molecule has 1 rings (SSSR count). The number of rotatable bonds is 5. The number of benzene rings is 1. The van der Waals surface area contributed by atoms with Crippen LogP contribution in [0.1, 0.15) is 25.0 Å². The third-order valence-electron chi connectivity index (χ3n) is 2.94. The van der Waals surface area contributed by atoms with Crippen molar-refractivity contribution in [1.82, 2.24) is 0 Å². The second kappa shape index (κ2) is 8.02. The van der Waals surface area contributed by atoms with Gasteiger partial charge in [-0.3, -0.25) is 14.9 Å². The zero-order valence-electron chi connectivity index (χ0n) is 12.2. The lowest BCUT2D eigenvalue weighted by Gasteiger charge is -2.18. The van der Waals surface area contributed by atoms with Crippen LogP contribution in [0, 0.1) is 27.9 Å². The van der Waals surface area contributed by atoms with Crippen LogP contribution in [0.25, 0.3) is 0 Å². The van der Waals surface area contributed by atoms with E-state index in [1.54, 1.807) is 25.1 Å². The summed E-state index contributed by atoms with van der Waals surface area (Å²) in [5.41, 5.74) is 0.454. The predicted octanol–water partition coefficient (Wildman–Crippen LogP) is 2.48. The first-order chi connectivity index (χ1) is 10.0. The number of nitro benzene ring substituents is 1. The van der Waals surface area contributed by atoms with E-state index in [0.717, 1.165) is 0 Å². The maximum Gasteiger partial charge on any atom is 0.317 e. The van der Waals surface area contributed by atoms with Crippen LogP contribution in [0.4, 0.5) is 5.69 Å². The molecule has 0 N–H and O–H groups in total. The van der Waals surface area contributed by atoms with Gasteiger partial charge >= 0.3 is 5.97 Å². The van der Waals surface area contributed by atoms with Gasteiger partial charge < -0.3 is 9.47 Å². The van der Waals surface area contributed by atoms with Crippen molar-refractivity contribution in [3.8, 4) is 11.8 Å². The van der Waals surface area contributed by atoms with E-state index in [1.807, 2.05) is 0 Å². The smallest absolute Gasteiger partial charge is 0.317 e. The molecule has 0 fully saturated rings. The fourth-order valence-electron chi connectivity index (χ4n) is 1.93. The molecule has 1 aromatic carbocycles. The summed E-state index contributed by atoms with van der Waals surface area (Å²) in [6, 6.07) is 6.38. The number of ether oxygens (including phenoxy) is 2. The van der Waals surface area contributed by atoms with Gasteiger partial charge in [0.1, 0.15) is 12.5 Å². The second-order valence-corrected chi connectivity index (χ2v) is 4.33. The number of carbonyl (C=O) groups excluding carboxylic acids is 1. The average Bonchev–Trinajstić information content (AvgIpc) is 2.48. The fourth-order valence-corrected chi connectivity index (χ4v) is 1.93. The number of para-hydroxylation sites is 1. The van der Waals surface area contributed by atoms with Gasteiger partial charge in [0.25, 0.3) is 5.69 Å². The molecule has 0 spiro atoms. The van der Waals surface area contributed by atoms with Gasteiger partial charge in [0.2, 0.25) is 0 Å². The van der Waals surface area contributed by atoms with Crippen LogP contribution in [0.5, 0.6) is 0 Å². The molecule has 0 saturated carbocycles. The van der Waals surface area contributed by atoms with Gasteiger partial charge in [-0.25, -0.2) is 0 Å². The van der Waals surface area contributed by atoms with Crippen LogP contribution in [-0.4, -0.2) is 25.1 Å². The van der Waals surface area contributed by atoms with Crippen LogP contribution in [0.3, 0.4) is 0 Å². The van der Waals surface area contributed by atoms with E-state index in [-0.39, 0.29) is 18.0 Å². The molecule has 6 nitrogen and oxygen atoms in total. The Morgan fingerprint density at radius 3 is 2.62 bits per heavy atom. The second-order valence-electron chi connectivity index (χ2n) is 4.33. The van der Waals surface area contributed by atoms with Crippen LogP contribution in [0.15, 0.2) is 24.3 Å². The van der Waals surface area contributed by atoms with E-state index in [9.17, 15) is 14.9 Å². The summed E-state index contributed by atoms with van der Waals surface area (Å²) >= 11 is 0. The lowest BCUT2D eigenvalue weighted by Crippen LogP contribution is -2.12. The molecule has 0 heterocycles. The number of hydrogen-bond donors (Lipinski definition) is 0. The van der Waals surface area contributed by atoms with E-state index in [2.05, 4.69) is 16.6 Å². The number of hydrogen-bond acceptors (Lipinski definition) is 5. The Kier molecular flexibility index (Phi) is 6.37. The highest BCUT2D eigenvalue weighted by atomic mass is 16.6. The van der Waals surface area contributed by atoms with Crippen LogP contribution >= 0.6 is 0 Å². The maximum atomic E-state index is 11.1. The van der Waals surface area contributed by atoms with Gasteiger partial charge in [0.15, 0.2) is 0 Å². The van der Waals surface area contributed by atoms with Crippen molar-refractivity contribution in [3.05, 3.63) is 39.9 Å². The van der Waals surface area contributed by atoms with Gasteiger partial charge in [-0.05, 0) is 13.0 Å². The minimum atomic E-state index is -0.545. The van der Waals surface area contributed by atoms with E-state index in [1.165, 1.54) is 20.3 Å². The molecule has 0 aliphatic heterocycles. The normalized spacial score (nSPS) is 12.7. The van der Waals surface area contributed by atoms with Crippen LogP contribution in [0.2, 0.25) is 0 Å². The molecular formula is C15H17NO5. The molecule has 0 amide bonds. The first-order valence-electron chi connectivity index (χ1n) is 6.32. The topological polar surface area (TPSA) is 78.7 Å². The summed E-state index contributed by atoms with van der Waals surface area (Å²) in [6.07, 6.45) is -0.564. The first-order valence-corrected chi connectivity index (χ1v) is 6.32. The Labute approximate surface area is 123 Å². The van der Waals surface area contributed by atoms with Crippen molar-refractivity contribution in [2.24, 2.45) is 5.92 Å². The molecule has 112 valence electrons. The molecule has 0 aromatic heterocycles. The molecule has 6 heteroatoms. The number of nitro groups is 1.